The SMILES string of the molecule is CC(C)N1CCC2(CC1)CN(C(=O)OC(C)(C)C)CCO2. The maximum atomic E-state index is 12.3. The van der Waals surface area contributed by atoms with Gasteiger partial charge in [0.25, 0.3) is 0 Å². The molecule has 0 bridgehead atoms. The van der Waals surface area contributed by atoms with Crippen LogP contribution in [-0.4, -0.2) is 65.9 Å². The van der Waals surface area contributed by atoms with Crippen LogP contribution < -0.4 is 0 Å². The van der Waals surface area contributed by atoms with Gasteiger partial charge in [-0.3, -0.25) is 0 Å². The highest BCUT2D eigenvalue weighted by molar-refractivity contribution is 5.68. The Hall–Kier alpha value is -0.810. The molecule has 0 saturated carbocycles. The molecule has 5 nitrogen and oxygen atoms in total. The van der Waals surface area contributed by atoms with E-state index in [4.69, 9.17) is 9.47 Å². The van der Waals surface area contributed by atoms with Gasteiger partial charge in [0.15, 0.2) is 0 Å². The number of hydrogen-bond acceptors (Lipinski definition) is 4. The summed E-state index contributed by atoms with van der Waals surface area (Å²) in [7, 11) is 0. The fourth-order valence-electron chi connectivity index (χ4n) is 3.08. The lowest BCUT2D eigenvalue weighted by molar-refractivity contribution is -0.135. The van der Waals surface area contributed by atoms with Gasteiger partial charge in [-0.1, -0.05) is 0 Å². The van der Waals surface area contributed by atoms with E-state index in [0.29, 0.717) is 25.7 Å². The molecule has 0 aromatic heterocycles. The molecule has 122 valence electrons. The van der Waals surface area contributed by atoms with Gasteiger partial charge < -0.3 is 19.3 Å². The number of carbonyl (C=O) groups is 1. The first-order chi connectivity index (χ1) is 9.71. The highest BCUT2D eigenvalue weighted by Crippen LogP contribution is 2.31. The van der Waals surface area contributed by atoms with Crippen molar-refractivity contribution in [1.82, 2.24) is 9.80 Å². The van der Waals surface area contributed by atoms with Crippen LogP contribution in [0.1, 0.15) is 47.5 Å². The molecule has 0 aromatic rings. The zero-order chi connectivity index (χ0) is 15.7. The van der Waals surface area contributed by atoms with Crippen molar-refractivity contribution in [2.75, 3.05) is 32.8 Å². The minimum absolute atomic E-state index is 0.166. The van der Waals surface area contributed by atoms with Gasteiger partial charge in [-0.15, -0.1) is 0 Å². The van der Waals surface area contributed by atoms with Crippen LogP contribution in [0.2, 0.25) is 0 Å². The zero-order valence-corrected chi connectivity index (χ0v) is 14.1. The second-order valence-electron chi connectivity index (χ2n) is 7.56. The number of nitrogens with zero attached hydrogens (tertiary/aromatic N) is 2. The molecule has 0 aromatic carbocycles. The molecular formula is C16H30N2O3. The number of rotatable bonds is 1. The van der Waals surface area contributed by atoms with E-state index < -0.39 is 5.60 Å². The van der Waals surface area contributed by atoms with Gasteiger partial charge in [0.2, 0.25) is 0 Å². The van der Waals surface area contributed by atoms with E-state index in [-0.39, 0.29) is 11.7 Å². The second kappa shape index (κ2) is 6.13. The fourth-order valence-corrected chi connectivity index (χ4v) is 3.08. The van der Waals surface area contributed by atoms with E-state index in [1.807, 2.05) is 25.7 Å². The normalized spacial score (nSPS) is 23.6. The molecule has 2 heterocycles. The van der Waals surface area contributed by atoms with Gasteiger partial charge in [0.1, 0.15) is 5.60 Å². The number of hydrogen-bond donors (Lipinski definition) is 0. The zero-order valence-electron chi connectivity index (χ0n) is 14.1. The van der Waals surface area contributed by atoms with Crippen LogP contribution in [0.15, 0.2) is 0 Å². The van der Waals surface area contributed by atoms with Gasteiger partial charge in [0, 0.05) is 25.7 Å². The van der Waals surface area contributed by atoms with Crippen LogP contribution in [0.25, 0.3) is 0 Å². The molecular weight excluding hydrogens is 268 g/mol. The lowest BCUT2D eigenvalue weighted by atomic mass is 9.89. The maximum Gasteiger partial charge on any atom is 0.410 e. The van der Waals surface area contributed by atoms with Crippen molar-refractivity contribution in [2.45, 2.75) is 64.7 Å². The number of ether oxygens (including phenoxy) is 2. The summed E-state index contributed by atoms with van der Waals surface area (Å²) in [4.78, 5) is 16.5. The maximum absolute atomic E-state index is 12.3. The van der Waals surface area contributed by atoms with E-state index in [9.17, 15) is 4.79 Å². The number of amides is 1. The minimum Gasteiger partial charge on any atom is -0.444 e. The Bertz CT molecular complexity index is 368. The molecule has 0 unspecified atom stereocenters. The monoisotopic (exact) mass is 298 g/mol. The van der Waals surface area contributed by atoms with Gasteiger partial charge in [-0.2, -0.15) is 0 Å². The number of likely N-dealkylation sites (tertiary alicyclic amines) is 1. The highest BCUT2D eigenvalue weighted by Gasteiger charge is 2.42. The van der Waals surface area contributed by atoms with Gasteiger partial charge in [0.05, 0.1) is 18.8 Å². The molecule has 2 rings (SSSR count). The predicted octanol–water partition coefficient (Wildman–Crippen LogP) is 2.50. The summed E-state index contributed by atoms with van der Waals surface area (Å²) >= 11 is 0. The van der Waals surface area contributed by atoms with Crippen molar-refractivity contribution in [3.63, 3.8) is 0 Å². The molecule has 2 fully saturated rings. The largest absolute Gasteiger partial charge is 0.444 e. The first-order valence-electron chi connectivity index (χ1n) is 8.07. The summed E-state index contributed by atoms with van der Waals surface area (Å²) in [6.45, 7) is 14.2. The van der Waals surface area contributed by atoms with Crippen molar-refractivity contribution >= 4 is 6.09 Å². The lowest BCUT2D eigenvalue weighted by Gasteiger charge is -2.48. The van der Waals surface area contributed by atoms with Crippen molar-refractivity contribution in [1.29, 1.82) is 0 Å². The minimum atomic E-state index is -0.441. The molecule has 2 aliphatic heterocycles. The number of carbonyl (C=O) groups excluding carboxylic acids is 1. The van der Waals surface area contributed by atoms with Crippen LogP contribution in [0, 0.1) is 0 Å². The molecule has 21 heavy (non-hydrogen) atoms. The standard InChI is InChI=1S/C16H30N2O3/c1-13(2)17-8-6-16(7-9-17)12-18(10-11-20-16)14(19)21-15(3,4)5/h13H,6-12H2,1-5H3. The third-order valence-electron chi connectivity index (χ3n) is 4.34. The summed E-state index contributed by atoms with van der Waals surface area (Å²) in [5.41, 5.74) is -0.607. The molecule has 0 aliphatic carbocycles. The molecule has 1 spiro atoms. The predicted molar refractivity (Wildman–Crippen MR) is 82.4 cm³/mol. The van der Waals surface area contributed by atoms with Crippen LogP contribution in [-0.2, 0) is 9.47 Å². The van der Waals surface area contributed by atoms with Crippen LogP contribution in [0.3, 0.4) is 0 Å². The van der Waals surface area contributed by atoms with Crippen molar-refractivity contribution in [3.05, 3.63) is 0 Å². The summed E-state index contributed by atoms with van der Waals surface area (Å²) in [5.74, 6) is 0. The van der Waals surface area contributed by atoms with E-state index in [0.717, 1.165) is 25.9 Å². The average Bonchev–Trinajstić information content (AvgIpc) is 2.37. The molecule has 1 amide bonds. The Morgan fingerprint density at radius 3 is 2.33 bits per heavy atom. The lowest BCUT2D eigenvalue weighted by Crippen LogP contribution is -2.59. The van der Waals surface area contributed by atoms with Crippen molar-refractivity contribution in [3.8, 4) is 0 Å². The molecule has 0 radical (unpaired) electrons. The Morgan fingerprint density at radius 1 is 1.19 bits per heavy atom. The van der Waals surface area contributed by atoms with Gasteiger partial charge in [-0.25, -0.2) is 4.79 Å². The van der Waals surface area contributed by atoms with Gasteiger partial charge in [-0.05, 0) is 47.5 Å². The molecule has 0 atom stereocenters. The second-order valence-corrected chi connectivity index (χ2v) is 7.56. The van der Waals surface area contributed by atoms with E-state index in [2.05, 4.69) is 18.7 Å². The van der Waals surface area contributed by atoms with Crippen LogP contribution >= 0.6 is 0 Å². The average molecular weight is 298 g/mol. The Morgan fingerprint density at radius 2 is 1.81 bits per heavy atom. The van der Waals surface area contributed by atoms with Crippen LogP contribution in [0.5, 0.6) is 0 Å². The molecule has 0 N–H and O–H groups in total. The molecule has 2 aliphatic rings. The third kappa shape index (κ3) is 4.33. The van der Waals surface area contributed by atoms with E-state index >= 15 is 0 Å². The number of piperidine rings is 1. The van der Waals surface area contributed by atoms with Crippen LogP contribution in [0.4, 0.5) is 4.79 Å². The van der Waals surface area contributed by atoms with E-state index in [1.54, 1.807) is 0 Å². The fraction of sp³-hybridized carbons (Fsp3) is 0.938. The van der Waals surface area contributed by atoms with Crippen molar-refractivity contribution in [2.24, 2.45) is 0 Å². The Kier molecular flexibility index (Phi) is 4.83. The first kappa shape index (κ1) is 16.6. The Labute approximate surface area is 128 Å². The quantitative estimate of drug-likeness (QED) is 0.746. The smallest absolute Gasteiger partial charge is 0.410 e. The summed E-state index contributed by atoms with van der Waals surface area (Å²) in [6, 6.07) is 0.577. The molecule has 2 saturated heterocycles. The van der Waals surface area contributed by atoms with Gasteiger partial charge >= 0.3 is 6.09 Å². The number of morpholine rings is 1. The van der Waals surface area contributed by atoms with E-state index in [1.165, 1.54) is 0 Å². The highest BCUT2D eigenvalue weighted by atomic mass is 16.6. The summed E-state index contributed by atoms with van der Waals surface area (Å²) < 4.78 is 11.6. The topological polar surface area (TPSA) is 42.0 Å². The summed E-state index contributed by atoms with van der Waals surface area (Å²) in [6.07, 6.45) is 1.77. The molecule has 5 heteroatoms. The summed E-state index contributed by atoms with van der Waals surface area (Å²) in [5, 5.41) is 0. The third-order valence-corrected chi connectivity index (χ3v) is 4.34. The van der Waals surface area contributed by atoms with Crippen molar-refractivity contribution < 1.29 is 14.3 Å². The first-order valence-corrected chi connectivity index (χ1v) is 8.07. The Balaban J connectivity index is 1.93.